The number of anilines is 2. The van der Waals surface area contributed by atoms with E-state index in [9.17, 15) is 13.2 Å². The molecule has 0 atom stereocenters. The van der Waals surface area contributed by atoms with Gasteiger partial charge in [-0.3, -0.25) is 4.55 Å². The second-order valence-corrected chi connectivity index (χ2v) is 6.38. The number of carbonyl (C=O) groups excluding carboxylic acids is 1. The van der Waals surface area contributed by atoms with Crippen molar-refractivity contribution >= 4 is 27.5 Å². The van der Waals surface area contributed by atoms with E-state index in [2.05, 4.69) is 10.6 Å². The minimum absolute atomic E-state index is 0.261. The Morgan fingerprint density at radius 3 is 2.14 bits per heavy atom. The van der Waals surface area contributed by atoms with Gasteiger partial charge in [-0.05, 0) is 55.3 Å². The molecule has 0 heterocycles. The summed E-state index contributed by atoms with van der Waals surface area (Å²) in [6.45, 7) is 3.84. The van der Waals surface area contributed by atoms with Crippen molar-refractivity contribution in [3.63, 3.8) is 0 Å². The van der Waals surface area contributed by atoms with Gasteiger partial charge < -0.3 is 10.6 Å². The first kappa shape index (κ1) is 16.0. The molecule has 7 heteroatoms. The molecule has 0 bridgehead atoms. The first-order valence-corrected chi connectivity index (χ1v) is 7.92. The van der Waals surface area contributed by atoms with Gasteiger partial charge in [0.15, 0.2) is 0 Å². The van der Waals surface area contributed by atoms with Crippen molar-refractivity contribution < 1.29 is 17.8 Å². The van der Waals surface area contributed by atoms with Crippen LogP contribution in [0.4, 0.5) is 16.2 Å². The van der Waals surface area contributed by atoms with Gasteiger partial charge in [0, 0.05) is 11.4 Å². The second kappa shape index (κ2) is 6.17. The Balaban J connectivity index is 2.12. The lowest BCUT2D eigenvalue weighted by molar-refractivity contribution is 0.262. The van der Waals surface area contributed by atoms with E-state index >= 15 is 0 Å². The Morgan fingerprint density at radius 2 is 1.55 bits per heavy atom. The van der Waals surface area contributed by atoms with Crippen LogP contribution in [0.25, 0.3) is 0 Å². The number of hydrogen-bond acceptors (Lipinski definition) is 3. The average Bonchev–Trinajstić information content (AvgIpc) is 2.36. The van der Waals surface area contributed by atoms with Gasteiger partial charge in [-0.15, -0.1) is 0 Å². The maximum Gasteiger partial charge on any atom is 0.323 e. The monoisotopic (exact) mass is 320 g/mol. The van der Waals surface area contributed by atoms with Gasteiger partial charge in [-0.2, -0.15) is 8.42 Å². The molecule has 0 saturated heterocycles. The summed E-state index contributed by atoms with van der Waals surface area (Å²) < 4.78 is 31.1. The maximum atomic E-state index is 11.9. The van der Waals surface area contributed by atoms with E-state index in [1.54, 1.807) is 0 Å². The molecule has 0 aliphatic carbocycles. The molecule has 0 aliphatic heterocycles. The van der Waals surface area contributed by atoms with Crippen molar-refractivity contribution in [3.05, 3.63) is 53.6 Å². The predicted octanol–water partition coefficient (Wildman–Crippen LogP) is 3.19. The highest BCUT2D eigenvalue weighted by Gasteiger charge is 2.11. The minimum Gasteiger partial charge on any atom is -0.308 e. The van der Waals surface area contributed by atoms with Crippen molar-refractivity contribution in [2.75, 3.05) is 10.6 Å². The average molecular weight is 320 g/mol. The Labute approximate surface area is 128 Å². The molecule has 0 spiro atoms. The summed E-state index contributed by atoms with van der Waals surface area (Å²) in [6, 6.07) is 10.5. The van der Waals surface area contributed by atoms with Crippen molar-refractivity contribution in [1.29, 1.82) is 0 Å². The lowest BCUT2D eigenvalue weighted by Crippen LogP contribution is -2.19. The third kappa shape index (κ3) is 4.31. The number of carbonyl (C=O) groups is 1. The Morgan fingerprint density at radius 1 is 0.955 bits per heavy atom. The molecule has 0 aromatic heterocycles. The van der Waals surface area contributed by atoms with Gasteiger partial charge in [-0.25, -0.2) is 4.79 Å². The lowest BCUT2D eigenvalue weighted by atomic mass is 10.1. The van der Waals surface area contributed by atoms with E-state index in [0.717, 1.165) is 11.1 Å². The van der Waals surface area contributed by atoms with Crippen LogP contribution in [0.15, 0.2) is 47.4 Å². The van der Waals surface area contributed by atoms with Crippen molar-refractivity contribution in [2.45, 2.75) is 18.7 Å². The molecule has 2 aromatic rings. The van der Waals surface area contributed by atoms with Crippen LogP contribution in [0.3, 0.4) is 0 Å². The fourth-order valence-electron chi connectivity index (χ4n) is 2.07. The number of nitrogens with one attached hydrogen (secondary N) is 2. The Kier molecular flexibility index (Phi) is 4.48. The van der Waals surface area contributed by atoms with Crippen LogP contribution in [0.1, 0.15) is 11.1 Å². The van der Waals surface area contributed by atoms with E-state index in [4.69, 9.17) is 4.55 Å². The van der Waals surface area contributed by atoms with Crippen LogP contribution in [0.2, 0.25) is 0 Å². The van der Waals surface area contributed by atoms with Gasteiger partial charge in [0.1, 0.15) is 0 Å². The van der Waals surface area contributed by atoms with Crippen molar-refractivity contribution in [1.82, 2.24) is 0 Å². The van der Waals surface area contributed by atoms with E-state index in [1.165, 1.54) is 24.3 Å². The van der Waals surface area contributed by atoms with Gasteiger partial charge in [0.2, 0.25) is 0 Å². The smallest absolute Gasteiger partial charge is 0.308 e. The number of hydrogen-bond donors (Lipinski definition) is 3. The summed E-state index contributed by atoms with van der Waals surface area (Å²) in [6.07, 6.45) is 0. The van der Waals surface area contributed by atoms with E-state index < -0.39 is 16.1 Å². The van der Waals surface area contributed by atoms with Crippen LogP contribution in [-0.2, 0) is 10.1 Å². The molecule has 22 heavy (non-hydrogen) atoms. The van der Waals surface area contributed by atoms with Crippen LogP contribution < -0.4 is 10.6 Å². The van der Waals surface area contributed by atoms with Crippen molar-refractivity contribution in [3.8, 4) is 0 Å². The van der Waals surface area contributed by atoms with Gasteiger partial charge in [0.05, 0.1) is 4.90 Å². The Bertz CT molecular complexity index is 796. The predicted molar refractivity (Wildman–Crippen MR) is 84.8 cm³/mol. The number of amides is 2. The largest absolute Gasteiger partial charge is 0.323 e. The number of urea groups is 1. The summed E-state index contributed by atoms with van der Waals surface area (Å²) in [5.41, 5.74) is 2.94. The zero-order valence-electron chi connectivity index (χ0n) is 12.1. The van der Waals surface area contributed by atoms with Crippen LogP contribution >= 0.6 is 0 Å². The van der Waals surface area contributed by atoms with Gasteiger partial charge in [-0.1, -0.05) is 12.1 Å². The zero-order valence-corrected chi connectivity index (χ0v) is 12.9. The number of rotatable bonds is 3. The molecule has 0 unspecified atom stereocenters. The molecule has 116 valence electrons. The summed E-state index contributed by atoms with van der Waals surface area (Å²) in [7, 11) is -4.30. The molecule has 2 aromatic carbocycles. The van der Waals surface area contributed by atoms with Crippen LogP contribution in [0.5, 0.6) is 0 Å². The van der Waals surface area contributed by atoms with Crippen molar-refractivity contribution in [2.24, 2.45) is 0 Å². The lowest BCUT2D eigenvalue weighted by Gasteiger charge is -2.10. The maximum absolute atomic E-state index is 11.9. The third-order valence-electron chi connectivity index (χ3n) is 2.87. The fraction of sp³-hybridized carbons (Fsp3) is 0.133. The van der Waals surface area contributed by atoms with Gasteiger partial charge in [0.25, 0.3) is 10.1 Å². The standard InChI is InChI=1S/C15H16N2O4S/c1-10-6-11(2)8-13(7-10)17-15(18)16-12-4-3-5-14(9-12)22(19,20)21/h3-9H,1-2H3,(H2,16,17,18)(H,19,20,21). The summed E-state index contributed by atoms with van der Waals surface area (Å²) in [5.74, 6) is 0. The topological polar surface area (TPSA) is 95.5 Å². The van der Waals surface area contributed by atoms with E-state index in [-0.39, 0.29) is 10.6 Å². The number of aryl methyl sites for hydroxylation is 2. The Hall–Kier alpha value is -2.38. The first-order valence-electron chi connectivity index (χ1n) is 6.48. The minimum atomic E-state index is -4.30. The molecule has 3 N–H and O–H groups in total. The van der Waals surface area contributed by atoms with E-state index in [0.29, 0.717) is 5.69 Å². The highest BCUT2D eigenvalue weighted by Crippen LogP contribution is 2.17. The molecule has 0 aliphatic rings. The summed E-state index contributed by atoms with van der Waals surface area (Å²) in [5, 5.41) is 5.18. The molecule has 0 fully saturated rings. The fourth-order valence-corrected chi connectivity index (χ4v) is 2.60. The zero-order chi connectivity index (χ0) is 16.3. The van der Waals surface area contributed by atoms with E-state index in [1.807, 2.05) is 32.0 Å². The third-order valence-corrected chi connectivity index (χ3v) is 3.72. The highest BCUT2D eigenvalue weighted by molar-refractivity contribution is 7.85. The highest BCUT2D eigenvalue weighted by atomic mass is 32.2. The molecular weight excluding hydrogens is 304 g/mol. The summed E-state index contributed by atoms with van der Waals surface area (Å²) in [4.78, 5) is 11.7. The molecule has 0 saturated carbocycles. The quantitative estimate of drug-likeness (QED) is 0.757. The summed E-state index contributed by atoms with van der Waals surface area (Å²) >= 11 is 0. The molecule has 0 radical (unpaired) electrons. The van der Waals surface area contributed by atoms with Crippen LogP contribution in [0, 0.1) is 13.8 Å². The molecular formula is C15H16N2O4S. The second-order valence-electron chi connectivity index (χ2n) is 4.96. The van der Waals surface area contributed by atoms with Gasteiger partial charge >= 0.3 is 6.03 Å². The van der Waals surface area contributed by atoms with Crippen LogP contribution in [-0.4, -0.2) is 19.0 Å². The first-order chi connectivity index (χ1) is 10.2. The molecule has 6 nitrogen and oxygen atoms in total. The normalized spacial score (nSPS) is 11.0. The molecule has 2 rings (SSSR count). The molecule has 2 amide bonds. The SMILES string of the molecule is Cc1cc(C)cc(NC(=O)Nc2cccc(S(=O)(=O)O)c2)c1. The number of benzene rings is 2.